The average Bonchev–Trinajstić information content (AvgIpc) is 2.88. The first kappa shape index (κ1) is 28.8. The van der Waals surface area contributed by atoms with Crippen molar-refractivity contribution in [1.29, 1.82) is 5.26 Å². The Balaban J connectivity index is 1.77. The maximum atomic E-state index is 12.5. The highest BCUT2D eigenvalue weighted by Crippen LogP contribution is 2.22. The Morgan fingerprint density at radius 1 is 0.973 bits per heavy atom. The largest absolute Gasteiger partial charge is 0.491 e. The molecule has 37 heavy (non-hydrogen) atoms. The molecular formula is C28H29NO8. The molecule has 2 aromatic rings. The number of ether oxygens (including phenoxy) is 5. The maximum Gasteiger partial charge on any atom is 0.343 e. The lowest BCUT2D eigenvalue weighted by Crippen LogP contribution is -2.14. The summed E-state index contributed by atoms with van der Waals surface area (Å²) in [5.41, 5.74) is 2.13. The fourth-order valence-electron chi connectivity index (χ4n) is 2.78. The fourth-order valence-corrected chi connectivity index (χ4v) is 2.78. The van der Waals surface area contributed by atoms with E-state index in [1.54, 1.807) is 62.4 Å². The van der Waals surface area contributed by atoms with Crippen LogP contribution in [0.15, 0.2) is 60.7 Å². The first-order valence-corrected chi connectivity index (χ1v) is 11.5. The summed E-state index contributed by atoms with van der Waals surface area (Å²) in [6.07, 6.45) is 2.99. The minimum absolute atomic E-state index is 0.0471. The predicted molar refractivity (Wildman–Crippen MR) is 135 cm³/mol. The minimum Gasteiger partial charge on any atom is -0.491 e. The number of hydrogen-bond donors (Lipinski definition) is 0. The Morgan fingerprint density at radius 2 is 1.70 bits per heavy atom. The third-order valence-corrected chi connectivity index (χ3v) is 4.67. The van der Waals surface area contributed by atoms with Gasteiger partial charge in [-0.1, -0.05) is 12.6 Å². The number of carbonyl (C=O) groups is 3. The molecule has 9 nitrogen and oxygen atoms in total. The third kappa shape index (κ3) is 10.8. The van der Waals surface area contributed by atoms with Crippen LogP contribution in [0.5, 0.6) is 11.5 Å². The number of aryl methyl sites for hydroxylation is 1. The Morgan fingerprint density at radius 3 is 2.38 bits per heavy atom. The molecule has 0 bridgehead atoms. The quantitative estimate of drug-likeness (QED) is 0.160. The van der Waals surface area contributed by atoms with Crippen LogP contribution in [0.25, 0.3) is 6.08 Å². The molecule has 0 atom stereocenters. The molecule has 2 rings (SSSR count). The lowest BCUT2D eigenvalue weighted by Gasteiger charge is -2.10. The van der Waals surface area contributed by atoms with Gasteiger partial charge in [-0.25, -0.2) is 14.4 Å². The van der Waals surface area contributed by atoms with Gasteiger partial charge in [0.05, 0.1) is 31.3 Å². The van der Waals surface area contributed by atoms with Crippen LogP contribution in [0.1, 0.15) is 34.8 Å². The van der Waals surface area contributed by atoms with Crippen molar-refractivity contribution >= 4 is 24.0 Å². The van der Waals surface area contributed by atoms with Crippen LogP contribution < -0.4 is 9.47 Å². The first-order chi connectivity index (χ1) is 17.8. The van der Waals surface area contributed by atoms with Gasteiger partial charge in [-0.15, -0.1) is 0 Å². The second kappa shape index (κ2) is 15.5. The van der Waals surface area contributed by atoms with E-state index in [-0.39, 0.29) is 32.8 Å². The van der Waals surface area contributed by atoms with Crippen LogP contribution in [-0.4, -0.2) is 50.9 Å². The zero-order valence-corrected chi connectivity index (χ0v) is 20.9. The summed E-state index contributed by atoms with van der Waals surface area (Å²) < 4.78 is 26.2. The van der Waals surface area contributed by atoms with Crippen LogP contribution in [0, 0.1) is 18.3 Å². The van der Waals surface area contributed by atoms with E-state index in [0.717, 1.165) is 5.56 Å². The smallest absolute Gasteiger partial charge is 0.343 e. The van der Waals surface area contributed by atoms with Crippen LogP contribution in [0.3, 0.4) is 0 Å². The number of hydrogen-bond acceptors (Lipinski definition) is 9. The molecule has 0 radical (unpaired) electrons. The van der Waals surface area contributed by atoms with Gasteiger partial charge < -0.3 is 23.7 Å². The van der Waals surface area contributed by atoms with Crippen molar-refractivity contribution in [3.8, 4) is 17.6 Å². The topological polar surface area (TPSA) is 121 Å². The van der Waals surface area contributed by atoms with Gasteiger partial charge in [-0.3, -0.25) is 0 Å². The highest BCUT2D eigenvalue weighted by molar-refractivity contribution is 5.91. The molecule has 0 aliphatic rings. The molecule has 0 heterocycles. The number of nitriles is 1. The fraction of sp³-hybridized carbons (Fsp3) is 0.286. The number of rotatable bonds is 14. The van der Waals surface area contributed by atoms with E-state index < -0.39 is 17.9 Å². The second-order valence-corrected chi connectivity index (χ2v) is 7.72. The van der Waals surface area contributed by atoms with Crippen molar-refractivity contribution < 1.29 is 38.1 Å². The molecule has 0 aliphatic heterocycles. The molecule has 0 N–H and O–H groups in total. The van der Waals surface area contributed by atoms with Gasteiger partial charge in [0.25, 0.3) is 0 Å². The van der Waals surface area contributed by atoms with Crippen molar-refractivity contribution in [1.82, 2.24) is 0 Å². The van der Waals surface area contributed by atoms with Crippen LogP contribution >= 0.6 is 0 Å². The summed E-state index contributed by atoms with van der Waals surface area (Å²) in [6, 6.07) is 13.5. The summed E-state index contributed by atoms with van der Waals surface area (Å²) in [5, 5.41) is 8.46. The van der Waals surface area contributed by atoms with Crippen molar-refractivity contribution in [2.75, 3.05) is 33.0 Å². The maximum absolute atomic E-state index is 12.5. The van der Waals surface area contributed by atoms with E-state index in [1.165, 1.54) is 6.08 Å². The Bertz CT molecular complexity index is 1160. The Hall–Kier alpha value is -4.42. The van der Waals surface area contributed by atoms with Gasteiger partial charge in [-0.05, 0) is 67.4 Å². The highest BCUT2D eigenvalue weighted by Gasteiger charge is 2.11. The van der Waals surface area contributed by atoms with Gasteiger partial charge in [0.15, 0.2) is 0 Å². The van der Waals surface area contributed by atoms with E-state index in [4.69, 9.17) is 28.9 Å². The van der Waals surface area contributed by atoms with E-state index in [1.807, 2.05) is 6.07 Å². The van der Waals surface area contributed by atoms with Gasteiger partial charge in [0, 0.05) is 11.6 Å². The summed E-state index contributed by atoms with van der Waals surface area (Å²) >= 11 is 0. The van der Waals surface area contributed by atoms with E-state index in [2.05, 4.69) is 6.58 Å². The lowest BCUT2D eigenvalue weighted by molar-refractivity contribution is -0.140. The lowest BCUT2D eigenvalue weighted by atomic mass is 10.1. The monoisotopic (exact) mass is 507 g/mol. The van der Waals surface area contributed by atoms with Crippen molar-refractivity contribution in [3.05, 3.63) is 77.4 Å². The first-order valence-electron chi connectivity index (χ1n) is 11.5. The molecule has 0 saturated carbocycles. The summed E-state index contributed by atoms with van der Waals surface area (Å²) in [5.74, 6) is -0.555. The standard InChI is InChI=1S/C28H29NO8/c1-20(2)27(31)36-18-16-33-15-17-34-24-9-7-23(8-10-24)28(32)37-25-11-5-22(19-21(25)3)6-12-26(30)35-14-4-13-29/h5-12,19H,1,4,14-18H2,2-3H3/b12-6+. The third-order valence-electron chi connectivity index (χ3n) is 4.67. The Kier molecular flexibility index (Phi) is 12.1. The summed E-state index contributed by atoms with van der Waals surface area (Å²) in [7, 11) is 0. The van der Waals surface area contributed by atoms with Crippen LogP contribution in [0.4, 0.5) is 0 Å². The van der Waals surface area contributed by atoms with Crippen LogP contribution in [-0.2, 0) is 23.8 Å². The molecule has 2 aromatic carbocycles. The van der Waals surface area contributed by atoms with Crippen molar-refractivity contribution in [2.45, 2.75) is 20.3 Å². The van der Waals surface area contributed by atoms with Gasteiger partial charge in [0.1, 0.15) is 31.3 Å². The van der Waals surface area contributed by atoms with Crippen LogP contribution in [0.2, 0.25) is 0 Å². The van der Waals surface area contributed by atoms with Crippen molar-refractivity contribution in [3.63, 3.8) is 0 Å². The molecule has 0 saturated heterocycles. The molecule has 0 unspecified atom stereocenters. The molecule has 9 heteroatoms. The molecular weight excluding hydrogens is 478 g/mol. The zero-order chi connectivity index (χ0) is 27.0. The predicted octanol–water partition coefficient (Wildman–Crippen LogP) is 4.20. The molecule has 0 aliphatic carbocycles. The second-order valence-electron chi connectivity index (χ2n) is 7.72. The summed E-state index contributed by atoms with van der Waals surface area (Å²) in [6.45, 7) is 7.89. The van der Waals surface area contributed by atoms with Gasteiger partial charge in [0.2, 0.25) is 0 Å². The summed E-state index contributed by atoms with van der Waals surface area (Å²) in [4.78, 5) is 35.4. The number of nitrogens with zero attached hydrogens (tertiary/aromatic N) is 1. The normalized spacial score (nSPS) is 10.4. The molecule has 0 aromatic heterocycles. The zero-order valence-electron chi connectivity index (χ0n) is 20.9. The number of carbonyl (C=O) groups excluding carboxylic acids is 3. The van der Waals surface area contributed by atoms with Gasteiger partial charge in [-0.2, -0.15) is 5.26 Å². The SMILES string of the molecule is C=C(C)C(=O)OCCOCCOc1ccc(C(=O)Oc2ccc(/C=C/C(=O)OCCC#N)cc2C)cc1. The Labute approximate surface area is 215 Å². The van der Waals surface area contributed by atoms with E-state index in [9.17, 15) is 14.4 Å². The molecule has 0 amide bonds. The average molecular weight is 508 g/mol. The van der Waals surface area contributed by atoms with E-state index in [0.29, 0.717) is 34.8 Å². The number of benzene rings is 2. The molecule has 0 fully saturated rings. The van der Waals surface area contributed by atoms with Gasteiger partial charge >= 0.3 is 17.9 Å². The van der Waals surface area contributed by atoms with Crippen molar-refractivity contribution in [2.24, 2.45) is 0 Å². The highest BCUT2D eigenvalue weighted by atomic mass is 16.6. The molecule has 194 valence electrons. The van der Waals surface area contributed by atoms with E-state index >= 15 is 0 Å². The molecule has 0 spiro atoms. The number of esters is 3. The minimum atomic E-state index is -0.537.